The van der Waals surface area contributed by atoms with Gasteiger partial charge in [-0.25, -0.2) is 14.8 Å². The van der Waals surface area contributed by atoms with Gasteiger partial charge in [0.25, 0.3) is 0 Å². The zero-order chi connectivity index (χ0) is 18.3. The Morgan fingerprint density at radius 1 is 1.31 bits per heavy atom. The van der Waals surface area contributed by atoms with Crippen molar-refractivity contribution >= 4 is 44.8 Å². The van der Waals surface area contributed by atoms with E-state index < -0.39 is 0 Å². The molecule has 0 spiro atoms. The highest BCUT2D eigenvalue weighted by atomic mass is 32.1. The van der Waals surface area contributed by atoms with E-state index in [1.54, 1.807) is 23.3 Å². The number of methoxy groups -OCH3 is 1. The lowest BCUT2D eigenvalue weighted by Gasteiger charge is -2.18. The zero-order valence-corrected chi connectivity index (χ0v) is 15.5. The smallest absolute Gasteiger partial charge is 0.414 e. The fourth-order valence-electron chi connectivity index (χ4n) is 3.01. The van der Waals surface area contributed by atoms with Crippen molar-refractivity contribution in [2.45, 2.75) is 13.8 Å². The number of rotatable bonds is 4. The van der Waals surface area contributed by atoms with E-state index in [1.807, 2.05) is 32.0 Å². The summed E-state index contributed by atoms with van der Waals surface area (Å²) in [5.41, 5.74) is 2.61. The topological polar surface area (TPSA) is 76.6 Å². The molecule has 0 radical (unpaired) electrons. The standard InChI is InChI=1S/C18H18N4O3S/c1-10-9-26-17-15(10)16(19-11(2)20-17)21-12-4-5-14(24-3)13(8-12)22-6-7-25-18(22)23/h4-5,8-9H,6-7H2,1-3H3,(H,19,20,21). The summed E-state index contributed by atoms with van der Waals surface area (Å²) < 4.78 is 10.5. The Labute approximate surface area is 154 Å². The highest BCUT2D eigenvalue weighted by molar-refractivity contribution is 7.17. The summed E-state index contributed by atoms with van der Waals surface area (Å²) in [5, 5.41) is 6.45. The van der Waals surface area contributed by atoms with Gasteiger partial charge in [0.15, 0.2) is 0 Å². The minimum absolute atomic E-state index is 0.366. The van der Waals surface area contributed by atoms with Crippen LogP contribution in [0.25, 0.3) is 10.2 Å². The van der Waals surface area contributed by atoms with E-state index in [2.05, 4.69) is 20.7 Å². The molecule has 1 aliphatic heterocycles. The van der Waals surface area contributed by atoms with Gasteiger partial charge in [0.1, 0.15) is 28.8 Å². The molecule has 3 heterocycles. The summed E-state index contributed by atoms with van der Waals surface area (Å²) in [7, 11) is 1.58. The van der Waals surface area contributed by atoms with Crippen LogP contribution in [0.3, 0.4) is 0 Å². The Balaban J connectivity index is 1.75. The van der Waals surface area contributed by atoms with Crippen LogP contribution in [0.5, 0.6) is 5.75 Å². The molecule has 8 heteroatoms. The Morgan fingerprint density at radius 2 is 2.15 bits per heavy atom. The minimum Gasteiger partial charge on any atom is -0.495 e. The molecule has 1 N–H and O–H groups in total. The first-order valence-corrected chi connectivity index (χ1v) is 9.06. The minimum atomic E-state index is -0.366. The van der Waals surface area contributed by atoms with Crippen LogP contribution in [0.1, 0.15) is 11.4 Å². The molecule has 134 valence electrons. The molecular formula is C18H18N4O3S. The molecule has 0 atom stereocenters. The summed E-state index contributed by atoms with van der Waals surface area (Å²) in [6.45, 7) is 4.79. The molecule has 3 aromatic rings. The molecule has 7 nitrogen and oxygen atoms in total. The number of amides is 1. The van der Waals surface area contributed by atoms with Crippen molar-refractivity contribution in [3.63, 3.8) is 0 Å². The predicted molar refractivity (Wildman–Crippen MR) is 102 cm³/mol. The van der Waals surface area contributed by atoms with E-state index in [4.69, 9.17) is 9.47 Å². The number of nitrogens with zero attached hydrogens (tertiary/aromatic N) is 3. The van der Waals surface area contributed by atoms with Crippen LogP contribution < -0.4 is 15.0 Å². The number of carbonyl (C=O) groups excluding carboxylic acids is 1. The van der Waals surface area contributed by atoms with Crippen LogP contribution in [0.2, 0.25) is 0 Å². The maximum atomic E-state index is 12.0. The second-order valence-corrected chi connectivity index (χ2v) is 6.85. The Bertz CT molecular complexity index is 1000. The van der Waals surface area contributed by atoms with Gasteiger partial charge in [-0.2, -0.15) is 0 Å². The first kappa shape index (κ1) is 16.6. The van der Waals surface area contributed by atoms with Gasteiger partial charge in [-0.15, -0.1) is 11.3 Å². The van der Waals surface area contributed by atoms with Gasteiger partial charge in [-0.1, -0.05) is 0 Å². The van der Waals surface area contributed by atoms with Crippen molar-refractivity contribution in [3.05, 3.63) is 35.0 Å². The third-order valence-corrected chi connectivity index (χ3v) is 5.21. The molecule has 1 aliphatic rings. The Kier molecular flexibility index (Phi) is 4.12. The van der Waals surface area contributed by atoms with Gasteiger partial charge in [0, 0.05) is 5.69 Å². The monoisotopic (exact) mass is 370 g/mol. The van der Waals surface area contributed by atoms with Crippen LogP contribution in [-0.4, -0.2) is 36.3 Å². The number of aromatic nitrogens is 2. The second-order valence-electron chi connectivity index (χ2n) is 6.00. The number of fused-ring (bicyclic) bond motifs is 1. The van der Waals surface area contributed by atoms with Gasteiger partial charge in [0.2, 0.25) is 0 Å². The van der Waals surface area contributed by atoms with Crippen molar-refractivity contribution in [2.24, 2.45) is 0 Å². The number of hydrogen-bond donors (Lipinski definition) is 1. The molecule has 0 saturated carbocycles. The number of ether oxygens (including phenoxy) is 2. The maximum Gasteiger partial charge on any atom is 0.414 e. The van der Waals surface area contributed by atoms with Crippen LogP contribution in [0, 0.1) is 13.8 Å². The first-order chi connectivity index (χ1) is 12.6. The summed E-state index contributed by atoms with van der Waals surface area (Å²) in [5.74, 6) is 2.08. The number of anilines is 3. The number of aryl methyl sites for hydroxylation is 2. The van der Waals surface area contributed by atoms with Crippen molar-refractivity contribution in [1.29, 1.82) is 0 Å². The van der Waals surface area contributed by atoms with E-state index in [1.165, 1.54) is 0 Å². The molecule has 0 unspecified atom stereocenters. The Morgan fingerprint density at radius 3 is 2.88 bits per heavy atom. The lowest BCUT2D eigenvalue weighted by atomic mass is 10.2. The maximum absolute atomic E-state index is 12.0. The molecule has 2 aromatic heterocycles. The summed E-state index contributed by atoms with van der Waals surface area (Å²) in [6, 6.07) is 5.60. The number of carbonyl (C=O) groups is 1. The largest absolute Gasteiger partial charge is 0.495 e. The molecular weight excluding hydrogens is 352 g/mol. The van der Waals surface area contributed by atoms with Crippen LogP contribution in [0.15, 0.2) is 23.6 Å². The molecule has 0 aliphatic carbocycles. The fraction of sp³-hybridized carbons (Fsp3) is 0.278. The molecule has 4 rings (SSSR count). The SMILES string of the molecule is COc1ccc(Nc2nc(C)nc3scc(C)c23)cc1N1CCOC1=O. The highest BCUT2D eigenvalue weighted by Crippen LogP contribution is 2.36. The van der Waals surface area contributed by atoms with Crippen LogP contribution in [-0.2, 0) is 4.74 Å². The third kappa shape index (κ3) is 2.82. The number of thiophene rings is 1. The van der Waals surface area contributed by atoms with Gasteiger partial charge >= 0.3 is 6.09 Å². The number of benzene rings is 1. The molecule has 1 saturated heterocycles. The van der Waals surface area contributed by atoms with Crippen LogP contribution in [0.4, 0.5) is 22.0 Å². The van der Waals surface area contributed by atoms with E-state index in [0.717, 1.165) is 27.3 Å². The lowest BCUT2D eigenvalue weighted by molar-refractivity contribution is 0.181. The molecule has 1 amide bonds. The fourth-order valence-corrected chi connectivity index (χ4v) is 3.98. The predicted octanol–water partition coefficient (Wildman–Crippen LogP) is 4.02. The van der Waals surface area contributed by atoms with Gasteiger partial charge in [0.05, 0.1) is 24.7 Å². The number of hydrogen-bond acceptors (Lipinski definition) is 7. The number of cyclic esters (lactones) is 1. The van der Waals surface area contributed by atoms with Crippen molar-refractivity contribution in [3.8, 4) is 5.75 Å². The first-order valence-electron chi connectivity index (χ1n) is 8.18. The average molecular weight is 370 g/mol. The second kappa shape index (κ2) is 6.45. The summed E-state index contributed by atoms with van der Waals surface area (Å²) in [4.78, 5) is 23.5. The Hall–Kier alpha value is -2.87. The van der Waals surface area contributed by atoms with E-state index in [9.17, 15) is 4.79 Å². The van der Waals surface area contributed by atoms with E-state index in [-0.39, 0.29) is 6.09 Å². The van der Waals surface area contributed by atoms with Gasteiger partial charge < -0.3 is 14.8 Å². The van der Waals surface area contributed by atoms with E-state index >= 15 is 0 Å². The van der Waals surface area contributed by atoms with Crippen molar-refractivity contribution in [1.82, 2.24) is 9.97 Å². The van der Waals surface area contributed by atoms with Crippen LogP contribution >= 0.6 is 11.3 Å². The average Bonchev–Trinajstić information content (AvgIpc) is 3.20. The lowest BCUT2D eigenvalue weighted by Crippen LogP contribution is -2.23. The van der Waals surface area contributed by atoms with Crippen molar-refractivity contribution in [2.75, 3.05) is 30.5 Å². The quantitative estimate of drug-likeness (QED) is 0.748. The van der Waals surface area contributed by atoms with Gasteiger partial charge in [-0.3, -0.25) is 4.90 Å². The highest BCUT2D eigenvalue weighted by Gasteiger charge is 2.26. The zero-order valence-electron chi connectivity index (χ0n) is 14.7. The van der Waals surface area contributed by atoms with Crippen molar-refractivity contribution < 1.29 is 14.3 Å². The summed E-state index contributed by atoms with van der Waals surface area (Å²) >= 11 is 1.60. The molecule has 1 aromatic carbocycles. The molecule has 1 fully saturated rings. The normalized spacial score (nSPS) is 14.0. The number of nitrogens with one attached hydrogen (secondary N) is 1. The molecule has 0 bridgehead atoms. The summed E-state index contributed by atoms with van der Waals surface area (Å²) in [6.07, 6.45) is -0.366. The van der Waals surface area contributed by atoms with E-state index in [0.29, 0.717) is 30.4 Å². The van der Waals surface area contributed by atoms with Gasteiger partial charge in [-0.05, 0) is 43.0 Å². The molecule has 26 heavy (non-hydrogen) atoms. The third-order valence-electron chi connectivity index (χ3n) is 4.22.